The lowest BCUT2D eigenvalue weighted by Gasteiger charge is -2.51. The Morgan fingerprint density at radius 1 is 0.816 bits per heavy atom. The van der Waals surface area contributed by atoms with Crippen LogP contribution in [-0.2, 0) is 20.7 Å². The van der Waals surface area contributed by atoms with Crippen LogP contribution >= 0.6 is 0 Å². The molecule has 4 atom stereocenters. The molecule has 0 aliphatic heterocycles. The molecule has 0 saturated heterocycles. The van der Waals surface area contributed by atoms with Gasteiger partial charge in [-0.25, -0.2) is 0 Å². The van der Waals surface area contributed by atoms with E-state index in [9.17, 15) is 9.90 Å². The molecule has 3 aromatic rings. The Balaban J connectivity index is 1.67. The van der Waals surface area contributed by atoms with Gasteiger partial charge in [0.2, 0.25) is 0 Å². The maximum atomic E-state index is 12.2. The first kappa shape index (κ1) is 39.7. The highest BCUT2D eigenvalue weighted by molar-refractivity contribution is 5.72. The van der Waals surface area contributed by atoms with Gasteiger partial charge in [0.1, 0.15) is 23.9 Å². The minimum absolute atomic E-state index is 0.00489. The number of carbonyl (C=O) groups excluding carboxylic acids is 1. The van der Waals surface area contributed by atoms with Crippen LogP contribution < -0.4 is 9.47 Å². The van der Waals surface area contributed by atoms with E-state index >= 15 is 0 Å². The van der Waals surface area contributed by atoms with Crippen molar-refractivity contribution in [3.8, 4) is 17.2 Å². The van der Waals surface area contributed by atoms with Crippen molar-refractivity contribution < 1.29 is 28.8 Å². The van der Waals surface area contributed by atoms with Gasteiger partial charge in [0.15, 0.2) is 6.29 Å². The number of esters is 1. The summed E-state index contributed by atoms with van der Waals surface area (Å²) in [6.45, 7) is 23.1. The summed E-state index contributed by atoms with van der Waals surface area (Å²) >= 11 is 0. The molecule has 0 heterocycles. The fourth-order valence-electron chi connectivity index (χ4n) is 6.68. The maximum Gasteiger partial charge on any atom is 0.310 e. The fraction of sp³-hybridized carbons (Fsp3) is 0.512. The summed E-state index contributed by atoms with van der Waals surface area (Å²) in [6.07, 6.45) is 4.15. The molecule has 0 aromatic heterocycles. The quantitative estimate of drug-likeness (QED) is 0.0666. The van der Waals surface area contributed by atoms with E-state index in [1.807, 2.05) is 55.5 Å². The molecule has 4 unspecified atom stereocenters. The predicted molar refractivity (Wildman–Crippen MR) is 199 cm³/mol. The highest BCUT2D eigenvalue weighted by atomic mass is 16.7. The number of methoxy groups -OCH3 is 1. The van der Waals surface area contributed by atoms with E-state index in [-0.39, 0.29) is 47.8 Å². The van der Waals surface area contributed by atoms with E-state index in [2.05, 4.69) is 92.7 Å². The lowest BCUT2D eigenvalue weighted by molar-refractivity contribution is -0.147. The molecule has 6 nitrogen and oxygen atoms in total. The van der Waals surface area contributed by atoms with Crippen LogP contribution in [0.25, 0.3) is 0 Å². The lowest BCUT2D eigenvalue weighted by Crippen LogP contribution is -2.42. The van der Waals surface area contributed by atoms with E-state index in [0.717, 1.165) is 29.9 Å². The number of ether oxygens (including phenoxy) is 4. The van der Waals surface area contributed by atoms with E-state index in [4.69, 9.17) is 18.9 Å². The van der Waals surface area contributed by atoms with Crippen LogP contribution in [0, 0.1) is 16.2 Å². The molecular weight excluding hydrogens is 612 g/mol. The van der Waals surface area contributed by atoms with Gasteiger partial charge in [0.25, 0.3) is 0 Å². The first-order chi connectivity index (χ1) is 23.0. The monoisotopic (exact) mass is 672 g/mol. The molecule has 0 radical (unpaired) electrons. The van der Waals surface area contributed by atoms with Crippen LogP contribution in [0.4, 0.5) is 0 Å². The largest absolute Gasteiger partial charge is 0.508 e. The Morgan fingerprint density at radius 3 is 1.92 bits per heavy atom. The summed E-state index contributed by atoms with van der Waals surface area (Å²) in [5.74, 6) is 1.96. The molecule has 1 N–H and O–H groups in total. The van der Waals surface area contributed by atoms with Crippen molar-refractivity contribution in [3.63, 3.8) is 0 Å². The number of aromatic hydroxyl groups is 1. The van der Waals surface area contributed by atoms with E-state index in [1.165, 1.54) is 16.7 Å². The number of hydrogen-bond donors (Lipinski definition) is 1. The fourth-order valence-corrected chi connectivity index (χ4v) is 6.68. The minimum Gasteiger partial charge on any atom is -0.508 e. The average Bonchev–Trinajstić information content (AvgIpc) is 3.05. The molecule has 0 aliphatic carbocycles. The Labute approximate surface area is 295 Å². The van der Waals surface area contributed by atoms with Gasteiger partial charge in [-0.3, -0.25) is 4.79 Å². The second kappa shape index (κ2) is 17.2. The molecule has 0 spiro atoms. The van der Waals surface area contributed by atoms with Gasteiger partial charge in [-0.1, -0.05) is 103 Å². The summed E-state index contributed by atoms with van der Waals surface area (Å²) < 4.78 is 22.4. The van der Waals surface area contributed by atoms with Gasteiger partial charge in [-0.05, 0) is 102 Å². The second-order valence-corrected chi connectivity index (χ2v) is 15.4. The zero-order chi connectivity index (χ0) is 36.4. The van der Waals surface area contributed by atoms with Crippen LogP contribution in [0.3, 0.4) is 0 Å². The lowest BCUT2D eigenvalue weighted by atomic mass is 9.53. The van der Waals surface area contributed by atoms with Gasteiger partial charge in [-0.15, -0.1) is 0 Å². The number of hydrogen-bond acceptors (Lipinski definition) is 6. The molecular formula is C43H60O6. The zero-order valence-corrected chi connectivity index (χ0v) is 31.8. The SMILES string of the molecule is CCC(C)(CC(c1ccc(O)cc1)C(C)(C)C)C(C)(C)C(C=C(C)C)c1ccc(OC(C)OCCOC(=O)Cc2ccc(OC)cc2)cc1. The Morgan fingerprint density at radius 2 is 1.39 bits per heavy atom. The van der Waals surface area contributed by atoms with Crippen LogP contribution in [0.15, 0.2) is 84.4 Å². The number of phenolic OH excluding ortho intramolecular Hbond substituents is 1. The summed E-state index contributed by atoms with van der Waals surface area (Å²) in [5.41, 5.74) is 4.61. The topological polar surface area (TPSA) is 74.2 Å². The van der Waals surface area contributed by atoms with E-state index < -0.39 is 6.29 Å². The number of benzene rings is 3. The highest BCUT2D eigenvalue weighted by Gasteiger charge is 2.47. The third-order valence-corrected chi connectivity index (χ3v) is 10.4. The summed E-state index contributed by atoms with van der Waals surface area (Å²) in [7, 11) is 1.61. The van der Waals surface area contributed by atoms with Gasteiger partial charge in [0.05, 0.1) is 20.1 Å². The predicted octanol–water partition coefficient (Wildman–Crippen LogP) is 10.6. The van der Waals surface area contributed by atoms with Gasteiger partial charge in [0, 0.05) is 5.92 Å². The third kappa shape index (κ3) is 11.1. The maximum absolute atomic E-state index is 12.2. The molecule has 3 rings (SSSR count). The first-order valence-corrected chi connectivity index (χ1v) is 17.6. The summed E-state index contributed by atoms with van der Waals surface area (Å²) in [6, 6.07) is 23.5. The van der Waals surface area contributed by atoms with Crippen LogP contribution in [-0.4, -0.2) is 37.7 Å². The Bertz CT molecular complexity index is 1480. The zero-order valence-electron chi connectivity index (χ0n) is 31.8. The molecule has 0 fully saturated rings. The van der Waals surface area contributed by atoms with Crippen molar-refractivity contribution in [2.75, 3.05) is 20.3 Å². The Hall–Kier alpha value is -3.77. The molecule has 6 heteroatoms. The number of rotatable bonds is 17. The number of carbonyl (C=O) groups is 1. The smallest absolute Gasteiger partial charge is 0.310 e. The molecule has 0 aliphatic rings. The average molecular weight is 673 g/mol. The summed E-state index contributed by atoms with van der Waals surface area (Å²) in [5, 5.41) is 9.98. The molecule has 268 valence electrons. The van der Waals surface area contributed by atoms with Crippen molar-refractivity contribution in [1.82, 2.24) is 0 Å². The van der Waals surface area contributed by atoms with Crippen LogP contribution in [0.2, 0.25) is 0 Å². The van der Waals surface area contributed by atoms with Crippen molar-refractivity contribution in [3.05, 3.63) is 101 Å². The molecule has 0 amide bonds. The molecule has 3 aromatic carbocycles. The number of phenols is 1. The molecule has 49 heavy (non-hydrogen) atoms. The standard InChI is InChI=1S/C43H60O6/c1-12-43(10,29-39(41(5,6)7)34-15-19-35(44)20-16-34)42(8,9)38(27-30(2)3)33-17-23-37(24-18-33)49-31(4)47-25-26-48-40(45)28-32-13-21-36(46-11)22-14-32/h13-24,27,31,38-39,44H,12,25-26,28-29H2,1-11H3. The summed E-state index contributed by atoms with van der Waals surface area (Å²) in [4.78, 5) is 12.2. The van der Waals surface area contributed by atoms with Crippen LogP contribution in [0.5, 0.6) is 17.2 Å². The van der Waals surface area contributed by atoms with Crippen LogP contribution in [0.1, 0.15) is 111 Å². The van der Waals surface area contributed by atoms with Gasteiger partial charge < -0.3 is 24.1 Å². The van der Waals surface area contributed by atoms with Crippen molar-refractivity contribution in [2.24, 2.45) is 16.2 Å². The highest BCUT2D eigenvalue weighted by Crippen LogP contribution is 2.58. The normalized spacial score (nSPS) is 15.0. The van der Waals surface area contributed by atoms with Gasteiger partial charge >= 0.3 is 5.97 Å². The van der Waals surface area contributed by atoms with E-state index in [0.29, 0.717) is 11.7 Å². The van der Waals surface area contributed by atoms with Crippen molar-refractivity contribution in [2.45, 2.75) is 107 Å². The first-order valence-electron chi connectivity index (χ1n) is 17.6. The Kier molecular flexibility index (Phi) is 14.0. The minimum atomic E-state index is -0.506. The van der Waals surface area contributed by atoms with Crippen molar-refractivity contribution in [1.29, 1.82) is 0 Å². The molecule has 0 bridgehead atoms. The number of allylic oxidation sites excluding steroid dienone is 2. The molecule has 0 saturated carbocycles. The third-order valence-electron chi connectivity index (χ3n) is 10.4. The van der Waals surface area contributed by atoms with Crippen molar-refractivity contribution >= 4 is 5.97 Å². The van der Waals surface area contributed by atoms with Gasteiger partial charge in [-0.2, -0.15) is 0 Å². The van der Waals surface area contributed by atoms with E-state index in [1.54, 1.807) is 7.11 Å². The second-order valence-electron chi connectivity index (χ2n) is 15.4.